The lowest BCUT2D eigenvalue weighted by atomic mass is 10.1. The molecule has 0 aliphatic heterocycles. The molecule has 0 bridgehead atoms. The molecule has 27 heavy (non-hydrogen) atoms. The molecule has 5 nitrogen and oxygen atoms in total. The van der Waals surface area contributed by atoms with Gasteiger partial charge in [-0.1, -0.05) is 5.92 Å². The minimum Gasteiger partial charge on any atom is -0.449 e. The summed E-state index contributed by atoms with van der Waals surface area (Å²) in [6.45, 7) is 0. The molecule has 0 aliphatic carbocycles. The first-order valence-corrected chi connectivity index (χ1v) is 7.14. The minimum atomic E-state index is -1.86. The summed E-state index contributed by atoms with van der Waals surface area (Å²) in [7, 11) is 0. The molecule has 2 aromatic carbocycles. The van der Waals surface area contributed by atoms with Gasteiger partial charge in [-0.3, -0.25) is 4.79 Å². The van der Waals surface area contributed by atoms with Gasteiger partial charge in [0.25, 0.3) is 0 Å². The number of hydrogen-bond acceptors (Lipinski definition) is 3. The summed E-state index contributed by atoms with van der Waals surface area (Å²) in [5, 5.41) is 8.20. The molecular formula is C18H7F4NO4. The van der Waals surface area contributed by atoms with Gasteiger partial charge in [0.05, 0.1) is 28.4 Å². The Labute approximate surface area is 148 Å². The minimum absolute atomic E-state index is 0.404. The van der Waals surface area contributed by atoms with E-state index in [1.165, 1.54) is 0 Å². The highest BCUT2D eigenvalue weighted by Gasteiger charge is 2.22. The highest BCUT2D eigenvalue weighted by atomic mass is 19.2. The van der Waals surface area contributed by atoms with Gasteiger partial charge in [0, 0.05) is 6.07 Å². The van der Waals surface area contributed by atoms with Crippen molar-refractivity contribution in [2.75, 3.05) is 0 Å². The van der Waals surface area contributed by atoms with E-state index >= 15 is 0 Å². The van der Waals surface area contributed by atoms with Crippen molar-refractivity contribution in [3.05, 3.63) is 69.5 Å². The number of carbonyl (C=O) groups is 1. The van der Waals surface area contributed by atoms with Crippen LogP contribution >= 0.6 is 0 Å². The van der Waals surface area contributed by atoms with Gasteiger partial charge in [0.15, 0.2) is 17.4 Å². The van der Waals surface area contributed by atoms with Crippen LogP contribution in [-0.4, -0.2) is 15.8 Å². The number of hydrogen-bond donors (Lipinski definition) is 1. The summed E-state index contributed by atoms with van der Waals surface area (Å²) in [6.07, 6.45) is 4.09. The van der Waals surface area contributed by atoms with Gasteiger partial charge in [-0.2, -0.15) is 0 Å². The van der Waals surface area contributed by atoms with Crippen molar-refractivity contribution in [3.8, 4) is 23.8 Å². The molecule has 3 rings (SSSR count). The summed E-state index contributed by atoms with van der Waals surface area (Å²) in [4.78, 5) is 23.2. The highest BCUT2D eigenvalue weighted by Crippen LogP contribution is 2.28. The molecule has 0 fully saturated rings. The second-order valence-electron chi connectivity index (χ2n) is 5.24. The van der Waals surface area contributed by atoms with Crippen LogP contribution in [0.25, 0.3) is 16.6 Å². The third-order valence-corrected chi connectivity index (χ3v) is 3.66. The van der Waals surface area contributed by atoms with Crippen LogP contribution in [0.3, 0.4) is 0 Å². The van der Waals surface area contributed by atoms with Crippen LogP contribution in [-0.2, 0) is 0 Å². The van der Waals surface area contributed by atoms with Crippen LogP contribution in [0.5, 0.6) is 5.75 Å². The smallest absolute Gasteiger partial charge is 0.449 e. The Morgan fingerprint density at radius 3 is 2.44 bits per heavy atom. The van der Waals surface area contributed by atoms with E-state index in [1.807, 2.05) is 5.92 Å². The van der Waals surface area contributed by atoms with Gasteiger partial charge < -0.3 is 14.4 Å². The van der Waals surface area contributed by atoms with Crippen LogP contribution in [0.1, 0.15) is 5.56 Å². The Morgan fingerprint density at radius 1 is 1.15 bits per heavy atom. The molecule has 0 saturated carbocycles. The van der Waals surface area contributed by atoms with E-state index in [-0.39, 0.29) is 0 Å². The maximum absolute atomic E-state index is 14.3. The highest BCUT2D eigenvalue weighted by molar-refractivity contribution is 5.88. The largest absolute Gasteiger partial charge is 0.511 e. The molecule has 0 spiro atoms. The van der Waals surface area contributed by atoms with E-state index in [0.29, 0.717) is 12.1 Å². The standard InChI is InChI=1S/C18H7F4NO4/c1-2-9-15(22)12(21)6-10-16(9)23(7-14(17(10)24)27-18(25)26)13-4-3-8(19)5-11(13)20/h1,3-7H,(H,25,26). The van der Waals surface area contributed by atoms with E-state index in [2.05, 4.69) is 4.74 Å². The molecule has 0 aliphatic rings. The van der Waals surface area contributed by atoms with Gasteiger partial charge in [-0.25, -0.2) is 22.4 Å². The van der Waals surface area contributed by atoms with E-state index < -0.39 is 62.8 Å². The first-order valence-electron chi connectivity index (χ1n) is 7.14. The summed E-state index contributed by atoms with van der Waals surface area (Å²) >= 11 is 0. The number of fused-ring (bicyclic) bond motifs is 1. The Kier molecular flexibility index (Phi) is 4.33. The predicted octanol–water partition coefficient (Wildman–Crippen LogP) is 3.59. The lowest BCUT2D eigenvalue weighted by Crippen LogP contribution is -2.17. The van der Waals surface area contributed by atoms with Gasteiger partial charge in [-0.15, -0.1) is 6.42 Å². The Balaban J connectivity index is 2.56. The number of pyridine rings is 1. The first kappa shape index (κ1) is 18.0. The summed E-state index contributed by atoms with van der Waals surface area (Å²) < 4.78 is 60.6. The fraction of sp³-hybridized carbons (Fsp3) is 0. The van der Waals surface area contributed by atoms with Crippen molar-refractivity contribution < 1.29 is 32.2 Å². The molecule has 1 aromatic heterocycles. The quantitative estimate of drug-likeness (QED) is 0.421. The van der Waals surface area contributed by atoms with Crippen molar-refractivity contribution in [2.45, 2.75) is 0 Å². The van der Waals surface area contributed by atoms with Gasteiger partial charge in [0.1, 0.15) is 11.6 Å². The fourth-order valence-corrected chi connectivity index (χ4v) is 2.58. The molecule has 136 valence electrons. The van der Waals surface area contributed by atoms with Crippen molar-refractivity contribution in [2.24, 2.45) is 0 Å². The van der Waals surface area contributed by atoms with Gasteiger partial charge >= 0.3 is 6.16 Å². The van der Waals surface area contributed by atoms with Gasteiger partial charge in [-0.05, 0) is 18.2 Å². The number of halogens is 4. The number of aromatic nitrogens is 1. The van der Waals surface area contributed by atoms with E-state index in [0.717, 1.165) is 22.9 Å². The van der Waals surface area contributed by atoms with Crippen LogP contribution in [0, 0.1) is 35.6 Å². The van der Waals surface area contributed by atoms with Crippen molar-refractivity contribution in [1.29, 1.82) is 0 Å². The molecule has 0 amide bonds. The van der Waals surface area contributed by atoms with Crippen LogP contribution in [0.15, 0.2) is 35.3 Å². The van der Waals surface area contributed by atoms with E-state index in [9.17, 15) is 27.2 Å². The number of nitrogens with zero attached hydrogens (tertiary/aromatic N) is 1. The lowest BCUT2D eigenvalue weighted by molar-refractivity contribution is 0.144. The van der Waals surface area contributed by atoms with Crippen LogP contribution < -0.4 is 10.2 Å². The first-order chi connectivity index (χ1) is 12.7. The van der Waals surface area contributed by atoms with Crippen molar-refractivity contribution >= 4 is 17.1 Å². The normalized spacial score (nSPS) is 10.6. The number of terminal acetylenes is 1. The molecule has 0 unspecified atom stereocenters. The zero-order chi connectivity index (χ0) is 19.9. The second kappa shape index (κ2) is 6.49. The van der Waals surface area contributed by atoms with E-state index in [1.54, 1.807) is 0 Å². The zero-order valence-electron chi connectivity index (χ0n) is 13.1. The molecule has 3 aromatic rings. The SMILES string of the molecule is C#Cc1c(F)c(F)cc2c(=O)c(OC(=O)O)cn(-c3ccc(F)cc3F)c12. The molecule has 1 N–H and O–H groups in total. The average molecular weight is 377 g/mol. The molecule has 0 atom stereocenters. The van der Waals surface area contributed by atoms with Crippen LogP contribution in [0.4, 0.5) is 22.4 Å². The maximum Gasteiger partial charge on any atom is 0.511 e. The molecule has 9 heteroatoms. The van der Waals surface area contributed by atoms with Crippen molar-refractivity contribution in [3.63, 3.8) is 0 Å². The van der Waals surface area contributed by atoms with Gasteiger partial charge in [0.2, 0.25) is 5.43 Å². The molecule has 0 radical (unpaired) electrons. The predicted molar refractivity (Wildman–Crippen MR) is 86.0 cm³/mol. The Bertz CT molecular complexity index is 1210. The number of ether oxygens (including phenoxy) is 1. The number of benzene rings is 2. The van der Waals surface area contributed by atoms with E-state index in [4.69, 9.17) is 11.5 Å². The average Bonchev–Trinajstić information content (AvgIpc) is 2.59. The van der Waals surface area contributed by atoms with Crippen molar-refractivity contribution in [1.82, 2.24) is 4.57 Å². The van der Waals surface area contributed by atoms with Crippen LogP contribution in [0.2, 0.25) is 0 Å². The summed E-state index contributed by atoms with van der Waals surface area (Å²) in [5.74, 6) is -3.91. The lowest BCUT2D eigenvalue weighted by Gasteiger charge is -2.15. The summed E-state index contributed by atoms with van der Waals surface area (Å²) in [6, 6.07) is 2.81. The second-order valence-corrected chi connectivity index (χ2v) is 5.24. The molecule has 0 saturated heterocycles. The maximum atomic E-state index is 14.3. The Morgan fingerprint density at radius 2 is 1.85 bits per heavy atom. The number of carboxylic acid groups (broad SMARTS) is 1. The third kappa shape index (κ3) is 2.97. The zero-order valence-corrected chi connectivity index (χ0v) is 13.1. The summed E-state index contributed by atoms with van der Waals surface area (Å²) in [5.41, 5.74) is -2.63. The Hall–Kier alpha value is -3.80. The number of rotatable bonds is 2. The fourth-order valence-electron chi connectivity index (χ4n) is 2.58. The third-order valence-electron chi connectivity index (χ3n) is 3.66. The monoisotopic (exact) mass is 377 g/mol. The topological polar surface area (TPSA) is 68.5 Å². The molecular weight excluding hydrogens is 370 g/mol. The molecule has 1 heterocycles.